The van der Waals surface area contributed by atoms with Gasteiger partial charge in [0.1, 0.15) is 6.07 Å². The number of hydrogen-bond donors (Lipinski definition) is 1. The van der Waals surface area contributed by atoms with Crippen molar-refractivity contribution in [3.05, 3.63) is 23.4 Å². The highest BCUT2D eigenvalue weighted by atomic mass is 16.5. The second-order valence-electron chi connectivity index (χ2n) is 3.67. The van der Waals surface area contributed by atoms with Crippen LogP contribution < -0.4 is 5.43 Å². The molecule has 0 atom stereocenters. The van der Waals surface area contributed by atoms with E-state index in [1.54, 1.807) is 6.07 Å². The minimum atomic E-state index is 0.567. The number of nitrogens with zero attached hydrogens (tertiary/aromatic N) is 3. The average molecular weight is 218 g/mol. The average Bonchev–Trinajstić information content (AvgIpc) is 2.31. The number of ether oxygens (including phenoxy) is 1. The number of morpholine rings is 1. The largest absolute Gasteiger partial charge is 0.379 e. The quantitative estimate of drug-likeness (QED) is 0.799. The van der Waals surface area contributed by atoms with Crippen LogP contribution in [0.1, 0.15) is 11.3 Å². The van der Waals surface area contributed by atoms with E-state index in [0.717, 1.165) is 18.8 Å². The van der Waals surface area contributed by atoms with E-state index in [-0.39, 0.29) is 0 Å². The lowest BCUT2D eigenvalue weighted by Crippen LogP contribution is -2.40. The maximum atomic E-state index is 8.97. The zero-order chi connectivity index (χ0) is 11.4. The standard InChI is InChI=1S/C11H14N4O/c1-9-2-3-10(8-12)11(13-9)14-15-4-6-16-7-5-15/h2-3H,4-7H2,1H3,(H,13,14). The van der Waals surface area contributed by atoms with Crippen LogP contribution in [-0.4, -0.2) is 36.3 Å². The molecule has 1 aliphatic heterocycles. The van der Waals surface area contributed by atoms with Crippen molar-refractivity contribution in [1.82, 2.24) is 9.99 Å². The first-order valence-corrected chi connectivity index (χ1v) is 5.26. The van der Waals surface area contributed by atoms with Gasteiger partial charge < -0.3 is 10.2 Å². The number of nitrogens with one attached hydrogen (secondary N) is 1. The van der Waals surface area contributed by atoms with Crippen molar-refractivity contribution in [3.63, 3.8) is 0 Å². The molecule has 5 nitrogen and oxygen atoms in total. The SMILES string of the molecule is Cc1ccc(C#N)c(NN2CCOCC2)n1. The lowest BCUT2D eigenvalue weighted by Gasteiger charge is -2.27. The normalized spacial score (nSPS) is 16.8. The van der Waals surface area contributed by atoms with Gasteiger partial charge in [0.2, 0.25) is 0 Å². The first-order chi connectivity index (χ1) is 7.79. The van der Waals surface area contributed by atoms with Gasteiger partial charge in [-0.15, -0.1) is 0 Å². The third-order valence-electron chi connectivity index (χ3n) is 2.43. The molecular formula is C11H14N4O. The van der Waals surface area contributed by atoms with E-state index >= 15 is 0 Å². The van der Waals surface area contributed by atoms with Crippen molar-refractivity contribution >= 4 is 5.82 Å². The smallest absolute Gasteiger partial charge is 0.158 e. The van der Waals surface area contributed by atoms with Gasteiger partial charge in [-0.25, -0.2) is 9.99 Å². The summed E-state index contributed by atoms with van der Waals surface area (Å²) in [5.74, 6) is 0.629. The minimum Gasteiger partial charge on any atom is -0.379 e. The van der Waals surface area contributed by atoms with Crippen LogP contribution in [0.25, 0.3) is 0 Å². The molecule has 0 bridgehead atoms. The van der Waals surface area contributed by atoms with Crippen molar-refractivity contribution in [3.8, 4) is 6.07 Å². The molecule has 0 spiro atoms. The summed E-state index contributed by atoms with van der Waals surface area (Å²) >= 11 is 0. The van der Waals surface area contributed by atoms with Crippen LogP contribution in [-0.2, 0) is 4.74 Å². The van der Waals surface area contributed by atoms with Crippen molar-refractivity contribution < 1.29 is 4.74 Å². The molecule has 1 saturated heterocycles. The highest BCUT2D eigenvalue weighted by molar-refractivity contribution is 5.51. The zero-order valence-corrected chi connectivity index (χ0v) is 9.23. The predicted molar refractivity (Wildman–Crippen MR) is 59.7 cm³/mol. The van der Waals surface area contributed by atoms with E-state index < -0.39 is 0 Å². The number of hydrazine groups is 1. The maximum Gasteiger partial charge on any atom is 0.158 e. The lowest BCUT2D eigenvalue weighted by atomic mass is 10.2. The molecule has 16 heavy (non-hydrogen) atoms. The lowest BCUT2D eigenvalue weighted by molar-refractivity contribution is 0.0494. The number of pyridine rings is 1. The Hall–Kier alpha value is -1.64. The highest BCUT2D eigenvalue weighted by Crippen LogP contribution is 2.13. The molecule has 1 aromatic rings. The van der Waals surface area contributed by atoms with Gasteiger partial charge in [-0.1, -0.05) is 0 Å². The van der Waals surface area contributed by atoms with Gasteiger partial charge in [-0.3, -0.25) is 0 Å². The van der Waals surface area contributed by atoms with Crippen molar-refractivity contribution in [2.45, 2.75) is 6.92 Å². The summed E-state index contributed by atoms with van der Waals surface area (Å²) in [7, 11) is 0. The van der Waals surface area contributed by atoms with Crippen LogP contribution >= 0.6 is 0 Å². The monoisotopic (exact) mass is 218 g/mol. The molecule has 0 aliphatic carbocycles. The Morgan fingerprint density at radius 1 is 1.44 bits per heavy atom. The second kappa shape index (κ2) is 4.92. The second-order valence-corrected chi connectivity index (χ2v) is 3.67. The Kier molecular flexibility index (Phi) is 3.34. The third kappa shape index (κ3) is 2.48. The van der Waals surface area contributed by atoms with Crippen molar-refractivity contribution in [2.24, 2.45) is 0 Å². The van der Waals surface area contributed by atoms with E-state index in [1.165, 1.54) is 0 Å². The van der Waals surface area contributed by atoms with Gasteiger partial charge in [0.05, 0.1) is 18.8 Å². The molecule has 5 heteroatoms. The zero-order valence-electron chi connectivity index (χ0n) is 9.23. The number of anilines is 1. The Labute approximate surface area is 94.6 Å². The number of rotatable bonds is 2. The van der Waals surface area contributed by atoms with E-state index in [9.17, 15) is 0 Å². The molecule has 1 fully saturated rings. The highest BCUT2D eigenvalue weighted by Gasteiger charge is 2.12. The summed E-state index contributed by atoms with van der Waals surface area (Å²) in [5.41, 5.74) is 4.63. The Bertz CT molecular complexity index is 407. The van der Waals surface area contributed by atoms with Crippen molar-refractivity contribution in [2.75, 3.05) is 31.7 Å². The fourth-order valence-corrected chi connectivity index (χ4v) is 1.56. The molecule has 2 rings (SSSR count). The molecular weight excluding hydrogens is 204 g/mol. The number of aryl methyl sites for hydroxylation is 1. The Morgan fingerprint density at radius 2 is 2.19 bits per heavy atom. The fourth-order valence-electron chi connectivity index (χ4n) is 1.56. The first-order valence-electron chi connectivity index (χ1n) is 5.26. The molecule has 0 amide bonds. The molecule has 2 heterocycles. The molecule has 1 aromatic heterocycles. The van der Waals surface area contributed by atoms with Crippen LogP contribution in [0.3, 0.4) is 0 Å². The van der Waals surface area contributed by atoms with Gasteiger partial charge in [0.15, 0.2) is 5.82 Å². The molecule has 1 N–H and O–H groups in total. The van der Waals surface area contributed by atoms with Gasteiger partial charge in [0.25, 0.3) is 0 Å². The summed E-state index contributed by atoms with van der Waals surface area (Å²) in [6.45, 7) is 4.94. The van der Waals surface area contributed by atoms with E-state index in [0.29, 0.717) is 24.6 Å². The summed E-state index contributed by atoms with van der Waals surface area (Å²) in [4.78, 5) is 4.32. The molecule has 0 radical (unpaired) electrons. The van der Waals surface area contributed by atoms with Gasteiger partial charge in [-0.05, 0) is 19.1 Å². The molecule has 0 unspecified atom stereocenters. The Morgan fingerprint density at radius 3 is 2.88 bits per heavy atom. The van der Waals surface area contributed by atoms with Crippen LogP contribution in [0.5, 0.6) is 0 Å². The summed E-state index contributed by atoms with van der Waals surface area (Å²) in [6.07, 6.45) is 0. The molecule has 84 valence electrons. The van der Waals surface area contributed by atoms with E-state index in [1.807, 2.05) is 18.0 Å². The number of nitriles is 1. The van der Waals surface area contributed by atoms with E-state index in [4.69, 9.17) is 10.00 Å². The van der Waals surface area contributed by atoms with Gasteiger partial charge in [-0.2, -0.15) is 5.26 Å². The maximum absolute atomic E-state index is 8.97. The van der Waals surface area contributed by atoms with Crippen LogP contribution in [0.2, 0.25) is 0 Å². The summed E-state index contributed by atoms with van der Waals surface area (Å²) < 4.78 is 5.25. The molecule has 1 aliphatic rings. The Balaban J connectivity index is 2.13. The fraction of sp³-hybridized carbons (Fsp3) is 0.455. The van der Waals surface area contributed by atoms with Crippen molar-refractivity contribution in [1.29, 1.82) is 5.26 Å². The van der Waals surface area contributed by atoms with Crippen LogP contribution in [0.15, 0.2) is 12.1 Å². The predicted octanol–water partition coefficient (Wildman–Crippen LogP) is 0.921. The summed E-state index contributed by atoms with van der Waals surface area (Å²) in [5, 5.41) is 11.0. The van der Waals surface area contributed by atoms with Gasteiger partial charge >= 0.3 is 0 Å². The molecule has 0 saturated carbocycles. The van der Waals surface area contributed by atoms with Crippen LogP contribution in [0, 0.1) is 18.3 Å². The third-order valence-corrected chi connectivity index (χ3v) is 2.43. The topological polar surface area (TPSA) is 61.2 Å². The summed E-state index contributed by atoms with van der Waals surface area (Å²) in [6, 6.07) is 5.75. The number of aromatic nitrogens is 1. The first kappa shape index (κ1) is 10.9. The van der Waals surface area contributed by atoms with E-state index in [2.05, 4.69) is 16.5 Å². The molecule has 0 aromatic carbocycles. The minimum absolute atomic E-state index is 0.567. The van der Waals surface area contributed by atoms with Crippen LogP contribution in [0.4, 0.5) is 5.82 Å². The van der Waals surface area contributed by atoms with Gasteiger partial charge in [0, 0.05) is 18.8 Å². The number of hydrogen-bond acceptors (Lipinski definition) is 5.